The maximum Gasteiger partial charge on any atom is 0.278 e. The highest BCUT2D eigenvalue weighted by atomic mass is 16.5. The fourth-order valence-electron chi connectivity index (χ4n) is 3.72. The molecule has 0 fully saturated rings. The predicted octanol–water partition coefficient (Wildman–Crippen LogP) is 5.10. The second-order valence-electron chi connectivity index (χ2n) is 8.18. The van der Waals surface area contributed by atoms with E-state index in [2.05, 4.69) is 12.2 Å². The van der Waals surface area contributed by atoms with Crippen molar-refractivity contribution in [2.45, 2.75) is 47.0 Å². The van der Waals surface area contributed by atoms with Gasteiger partial charge in [0.1, 0.15) is 11.4 Å². The van der Waals surface area contributed by atoms with Crippen molar-refractivity contribution < 1.29 is 19.1 Å². The third kappa shape index (κ3) is 5.82. The number of anilines is 1. The Balaban J connectivity index is 1.90. The molecule has 1 N–H and O–H groups in total. The van der Waals surface area contributed by atoms with Crippen molar-refractivity contribution in [3.05, 3.63) is 64.9 Å². The lowest BCUT2D eigenvalue weighted by atomic mass is 9.99. The van der Waals surface area contributed by atoms with Crippen LogP contribution in [0.2, 0.25) is 0 Å². The number of benzene rings is 2. The molecular formula is C27H34N2O4. The first-order valence-corrected chi connectivity index (χ1v) is 11.7. The molecule has 2 amide bonds. The average molecular weight is 451 g/mol. The third-order valence-corrected chi connectivity index (χ3v) is 5.72. The van der Waals surface area contributed by atoms with Crippen molar-refractivity contribution in [2.24, 2.45) is 0 Å². The summed E-state index contributed by atoms with van der Waals surface area (Å²) < 4.78 is 11.3. The van der Waals surface area contributed by atoms with Crippen LogP contribution in [-0.4, -0.2) is 43.1 Å². The van der Waals surface area contributed by atoms with E-state index in [-0.39, 0.29) is 17.5 Å². The van der Waals surface area contributed by atoms with E-state index in [9.17, 15) is 9.59 Å². The third-order valence-electron chi connectivity index (χ3n) is 5.72. The predicted molar refractivity (Wildman–Crippen MR) is 131 cm³/mol. The molecule has 0 aliphatic carbocycles. The minimum Gasteiger partial charge on any atom is -0.492 e. The van der Waals surface area contributed by atoms with Crippen LogP contribution in [0.3, 0.4) is 0 Å². The number of amides is 2. The topological polar surface area (TPSA) is 67.9 Å². The van der Waals surface area contributed by atoms with Crippen LogP contribution in [0.1, 0.15) is 49.8 Å². The van der Waals surface area contributed by atoms with E-state index in [1.165, 1.54) is 4.90 Å². The number of carbonyl (C=O) groups is 2. The molecule has 176 valence electrons. The molecule has 0 atom stereocenters. The van der Waals surface area contributed by atoms with Gasteiger partial charge in [0.05, 0.1) is 17.9 Å². The van der Waals surface area contributed by atoms with Crippen molar-refractivity contribution in [1.82, 2.24) is 4.90 Å². The van der Waals surface area contributed by atoms with Gasteiger partial charge in [0.25, 0.3) is 11.8 Å². The molecule has 33 heavy (non-hydrogen) atoms. The highest BCUT2D eigenvalue weighted by Gasteiger charge is 2.39. The van der Waals surface area contributed by atoms with Gasteiger partial charge < -0.3 is 14.8 Å². The van der Waals surface area contributed by atoms with Crippen molar-refractivity contribution in [2.75, 3.05) is 31.7 Å². The van der Waals surface area contributed by atoms with Crippen LogP contribution in [0.4, 0.5) is 5.69 Å². The van der Waals surface area contributed by atoms with Crippen LogP contribution in [0.25, 0.3) is 5.57 Å². The number of unbranched alkanes of at least 4 members (excludes halogenated alkanes) is 1. The molecule has 1 aliphatic heterocycles. The fraction of sp³-hybridized carbons (Fsp3) is 0.407. The smallest absolute Gasteiger partial charge is 0.278 e. The zero-order valence-electron chi connectivity index (χ0n) is 20.1. The molecule has 6 heteroatoms. The van der Waals surface area contributed by atoms with Gasteiger partial charge in [0.2, 0.25) is 0 Å². The number of nitrogens with one attached hydrogen (secondary N) is 1. The number of ether oxygens (including phenoxy) is 2. The first-order valence-electron chi connectivity index (χ1n) is 11.7. The lowest BCUT2D eigenvalue weighted by Crippen LogP contribution is -2.34. The van der Waals surface area contributed by atoms with Crippen molar-refractivity contribution in [3.63, 3.8) is 0 Å². The van der Waals surface area contributed by atoms with E-state index < -0.39 is 0 Å². The summed E-state index contributed by atoms with van der Waals surface area (Å²) >= 11 is 0. The maximum absolute atomic E-state index is 13.4. The molecule has 2 aromatic carbocycles. The molecule has 0 spiro atoms. The average Bonchev–Trinajstić information content (AvgIpc) is 3.03. The van der Waals surface area contributed by atoms with Crippen molar-refractivity contribution in [1.29, 1.82) is 0 Å². The van der Waals surface area contributed by atoms with Crippen LogP contribution >= 0.6 is 0 Å². The van der Waals surface area contributed by atoms with Crippen LogP contribution < -0.4 is 10.1 Å². The van der Waals surface area contributed by atoms with E-state index in [4.69, 9.17) is 9.47 Å². The highest BCUT2D eigenvalue weighted by Crippen LogP contribution is 2.34. The summed E-state index contributed by atoms with van der Waals surface area (Å²) in [6.07, 6.45) is 2.68. The van der Waals surface area contributed by atoms with E-state index in [0.29, 0.717) is 49.8 Å². The summed E-state index contributed by atoms with van der Waals surface area (Å²) in [6.45, 7) is 10.1. The Labute approximate surface area is 196 Å². The van der Waals surface area contributed by atoms with Gasteiger partial charge in [-0.2, -0.15) is 0 Å². The Morgan fingerprint density at radius 2 is 1.67 bits per heavy atom. The molecule has 3 rings (SSSR count). The van der Waals surface area contributed by atoms with Gasteiger partial charge in [0, 0.05) is 19.8 Å². The number of hydrogen-bond acceptors (Lipinski definition) is 5. The minimum absolute atomic E-state index is 0.280. The summed E-state index contributed by atoms with van der Waals surface area (Å²) in [5, 5.41) is 3.22. The minimum atomic E-state index is -0.326. The molecule has 0 aromatic heterocycles. The van der Waals surface area contributed by atoms with E-state index in [1.807, 2.05) is 63.2 Å². The quantitative estimate of drug-likeness (QED) is 0.360. The van der Waals surface area contributed by atoms with Gasteiger partial charge in [-0.15, -0.1) is 0 Å². The van der Waals surface area contributed by atoms with Gasteiger partial charge >= 0.3 is 0 Å². The number of para-hydroxylation sites is 2. The van der Waals surface area contributed by atoms with Gasteiger partial charge in [-0.1, -0.05) is 43.7 Å². The molecule has 0 saturated carbocycles. The molecule has 0 bridgehead atoms. The number of hydrogen-bond donors (Lipinski definition) is 1. The maximum atomic E-state index is 13.4. The van der Waals surface area contributed by atoms with Gasteiger partial charge in [-0.05, 0) is 62.4 Å². The summed E-state index contributed by atoms with van der Waals surface area (Å²) in [5.41, 5.74) is 4.25. The number of carbonyl (C=O) groups excluding carboxylic acids is 2. The van der Waals surface area contributed by atoms with Crippen LogP contribution in [0.15, 0.2) is 48.2 Å². The Morgan fingerprint density at radius 1 is 0.909 bits per heavy atom. The molecule has 1 aliphatic rings. The van der Waals surface area contributed by atoms with Crippen LogP contribution in [0, 0.1) is 13.8 Å². The fourth-order valence-corrected chi connectivity index (χ4v) is 3.72. The van der Waals surface area contributed by atoms with E-state index >= 15 is 0 Å². The first-order chi connectivity index (χ1) is 16.0. The van der Waals surface area contributed by atoms with Crippen molar-refractivity contribution >= 4 is 23.1 Å². The monoisotopic (exact) mass is 450 g/mol. The Bertz CT molecular complexity index is 1030. The SMILES string of the molecule is CCCCOCCCN1C(=O)C(Nc2ccccc2OCC)=C(c2ccc(C)c(C)c2)C1=O. The van der Waals surface area contributed by atoms with Gasteiger partial charge in [-0.25, -0.2) is 0 Å². The molecule has 2 aromatic rings. The van der Waals surface area contributed by atoms with Crippen molar-refractivity contribution in [3.8, 4) is 5.75 Å². The normalized spacial score (nSPS) is 13.8. The van der Waals surface area contributed by atoms with Gasteiger partial charge in [0.15, 0.2) is 0 Å². The highest BCUT2D eigenvalue weighted by molar-refractivity contribution is 6.36. The molecule has 1 heterocycles. The zero-order valence-corrected chi connectivity index (χ0v) is 20.1. The molecule has 0 unspecified atom stereocenters. The standard InChI is InChI=1S/C27H34N2O4/c1-5-7-16-32-17-10-15-29-26(30)24(21-14-13-19(3)20(4)18-21)25(27(29)31)28-22-11-8-9-12-23(22)33-6-2/h8-9,11-14,18,28H,5-7,10,15-17H2,1-4H3. The Kier molecular flexibility index (Phi) is 8.66. The van der Waals surface area contributed by atoms with Gasteiger partial charge in [-0.3, -0.25) is 14.5 Å². The largest absolute Gasteiger partial charge is 0.492 e. The Morgan fingerprint density at radius 3 is 2.39 bits per heavy atom. The summed E-state index contributed by atoms with van der Waals surface area (Å²) in [5.74, 6) is 0.0243. The van der Waals surface area contributed by atoms with E-state index in [0.717, 1.165) is 29.5 Å². The van der Waals surface area contributed by atoms with E-state index in [1.54, 1.807) is 0 Å². The summed E-state index contributed by atoms with van der Waals surface area (Å²) in [4.78, 5) is 28.1. The zero-order chi connectivity index (χ0) is 23.8. The first kappa shape index (κ1) is 24.5. The summed E-state index contributed by atoms with van der Waals surface area (Å²) in [6, 6.07) is 13.3. The lowest BCUT2D eigenvalue weighted by Gasteiger charge is -2.16. The van der Waals surface area contributed by atoms with Crippen LogP contribution in [-0.2, 0) is 14.3 Å². The number of aryl methyl sites for hydroxylation is 2. The number of nitrogens with zero attached hydrogens (tertiary/aromatic N) is 1. The second kappa shape index (κ2) is 11.7. The molecular weight excluding hydrogens is 416 g/mol. The summed E-state index contributed by atoms with van der Waals surface area (Å²) in [7, 11) is 0. The van der Waals surface area contributed by atoms with Crippen LogP contribution in [0.5, 0.6) is 5.75 Å². The molecule has 6 nitrogen and oxygen atoms in total. The lowest BCUT2D eigenvalue weighted by molar-refractivity contribution is -0.137. The number of rotatable bonds is 12. The Hall–Kier alpha value is -3.12. The molecule has 0 radical (unpaired) electrons. The molecule has 0 saturated heterocycles. The number of imide groups is 1. The second-order valence-corrected chi connectivity index (χ2v) is 8.18.